The van der Waals surface area contributed by atoms with Gasteiger partial charge in [0.2, 0.25) is 0 Å². The summed E-state index contributed by atoms with van der Waals surface area (Å²) in [5, 5.41) is 8.48. The Kier molecular flexibility index (Phi) is 4.61. The molecule has 0 spiro atoms. The maximum absolute atomic E-state index is 12.2. The zero-order chi connectivity index (χ0) is 17.1. The Labute approximate surface area is 143 Å². The maximum Gasteiger partial charge on any atom is 0.342 e. The van der Waals surface area contributed by atoms with Gasteiger partial charge in [0.25, 0.3) is 5.89 Å². The quantitative estimate of drug-likeness (QED) is 0.660. The van der Waals surface area contributed by atoms with E-state index in [9.17, 15) is 4.79 Å². The molecule has 24 heavy (non-hydrogen) atoms. The summed E-state index contributed by atoms with van der Waals surface area (Å²) >= 11 is 6.13. The molecule has 2 heterocycles. The van der Waals surface area contributed by atoms with E-state index in [2.05, 4.69) is 15.2 Å². The highest BCUT2D eigenvalue weighted by Gasteiger charge is 2.20. The van der Waals surface area contributed by atoms with Gasteiger partial charge in [0.15, 0.2) is 11.9 Å². The second kappa shape index (κ2) is 6.84. The van der Waals surface area contributed by atoms with Crippen molar-refractivity contribution in [1.82, 2.24) is 19.9 Å². The second-order valence-corrected chi connectivity index (χ2v) is 5.65. The lowest BCUT2D eigenvalue weighted by molar-refractivity contribution is 0.0265. The molecule has 0 bridgehead atoms. The van der Waals surface area contributed by atoms with Gasteiger partial charge in [-0.15, -0.1) is 0 Å². The first-order chi connectivity index (χ1) is 11.5. The minimum atomic E-state index is -0.634. The van der Waals surface area contributed by atoms with Crippen LogP contribution in [-0.2, 0) is 11.3 Å². The molecule has 7 nitrogen and oxygen atoms in total. The molecule has 124 valence electrons. The molecule has 8 heteroatoms. The van der Waals surface area contributed by atoms with Crippen molar-refractivity contribution in [2.75, 3.05) is 0 Å². The fourth-order valence-corrected chi connectivity index (χ4v) is 2.31. The van der Waals surface area contributed by atoms with Gasteiger partial charge in [-0.25, -0.2) is 4.79 Å². The lowest BCUT2D eigenvalue weighted by Crippen LogP contribution is -2.09. The van der Waals surface area contributed by atoms with Crippen molar-refractivity contribution in [3.8, 4) is 0 Å². The Morgan fingerprint density at radius 2 is 2.21 bits per heavy atom. The number of ether oxygens (including phenoxy) is 1. The fourth-order valence-electron chi connectivity index (χ4n) is 2.11. The topological polar surface area (TPSA) is 83.0 Å². The number of aromatic nitrogens is 4. The highest BCUT2D eigenvalue weighted by atomic mass is 35.5. The molecule has 1 atom stereocenters. The minimum absolute atomic E-state index is 0.254. The van der Waals surface area contributed by atoms with Gasteiger partial charge in [0, 0.05) is 11.2 Å². The molecule has 0 saturated heterocycles. The van der Waals surface area contributed by atoms with Crippen molar-refractivity contribution < 1.29 is 14.1 Å². The van der Waals surface area contributed by atoms with E-state index in [0.717, 1.165) is 5.56 Å². The predicted molar refractivity (Wildman–Crippen MR) is 85.6 cm³/mol. The van der Waals surface area contributed by atoms with Gasteiger partial charge in [-0.3, -0.25) is 4.68 Å². The summed E-state index contributed by atoms with van der Waals surface area (Å²) in [6, 6.07) is 7.47. The van der Waals surface area contributed by atoms with Crippen LogP contribution < -0.4 is 0 Å². The van der Waals surface area contributed by atoms with E-state index in [-0.39, 0.29) is 5.89 Å². The maximum atomic E-state index is 12.2. The van der Waals surface area contributed by atoms with E-state index in [1.165, 1.54) is 6.20 Å². The van der Waals surface area contributed by atoms with Crippen LogP contribution in [0.3, 0.4) is 0 Å². The molecule has 0 aliphatic carbocycles. The summed E-state index contributed by atoms with van der Waals surface area (Å²) in [6.07, 6.45) is 2.42. The number of hydrogen-bond acceptors (Lipinski definition) is 6. The van der Waals surface area contributed by atoms with E-state index >= 15 is 0 Å². The van der Waals surface area contributed by atoms with Crippen LogP contribution in [0.5, 0.6) is 0 Å². The zero-order valence-electron chi connectivity index (χ0n) is 13.1. The van der Waals surface area contributed by atoms with Crippen LogP contribution in [0, 0.1) is 6.92 Å². The van der Waals surface area contributed by atoms with Crippen LogP contribution in [0.15, 0.2) is 41.2 Å². The molecule has 0 aliphatic rings. The van der Waals surface area contributed by atoms with Crippen molar-refractivity contribution >= 4 is 17.6 Å². The van der Waals surface area contributed by atoms with Crippen molar-refractivity contribution in [3.05, 3.63) is 64.5 Å². The standard InChI is InChI=1S/C16H15ClN4O3/c1-10(15-19-11(2)20-24-15)23-16(22)13-7-18-21(9-13)8-12-5-3-4-6-14(12)17/h3-7,9-10H,8H2,1-2H3/t10-/m0/s1. The first-order valence-corrected chi connectivity index (χ1v) is 7.68. The van der Waals surface area contributed by atoms with Crippen molar-refractivity contribution in [3.63, 3.8) is 0 Å². The molecular weight excluding hydrogens is 332 g/mol. The number of esters is 1. The van der Waals surface area contributed by atoms with Gasteiger partial charge in [-0.05, 0) is 25.5 Å². The molecule has 3 rings (SSSR count). The third kappa shape index (κ3) is 3.62. The van der Waals surface area contributed by atoms with Gasteiger partial charge < -0.3 is 9.26 Å². The molecule has 0 aliphatic heterocycles. The average Bonchev–Trinajstić information content (AvgIpc) is 3.19. The van der Waals surface area contributed by atoms with E-state index < -0.39 is 12.1 Å². The number of hydrogen-bond donors (Lipinski definition) is 0. The molecule has 2 aromatic heterocycles. The third-order valence-electron chi connectivity index (χ3n) is 3.33. The first-order valence-electron chi connectivity index (χ1n) is 7.30. The van der Waals surface area contributed by atoms with Crippen LogP contribution in [0.25, 0.3) is 0 Å². The summed E-state index contributed by atoms with van der Waals surface area (Å²) in [4.78, 5) is 16.2. The van der Waals surface area contributed by atoms with Gasteiger partial charge in [0.05, 0.1) is 18.3 Å². The highest BCUT2D eigenvalue weighted by molar-refractivity contribution is 6.31. The van der Waals surface area contributed by atoms with Crippen LogP contribution in [0.4, 0.5) is 0 Å². The third-order valence-corrected chi connectivity index (χ3v) is 3.70. The predicted octanol–water partition coefficient (Wildman–Crippen LogP) is 3.19. The Balaban J connectivity index is 1.66. The molecular formula is C16H15ClN4O3. The van der Waals surface area contributed by atoms with Crippen LogP contribution in [0.1, 0.15) is 40.7 Å². The summed E-state index contributed by atoms with van der Waals surface area (Å²) in [6.45, 7) is 3.82. The number of halogens is 1. The zero-order valence-corrected chi connectivity index (χ0v) is 13.9. The molecule has 0 radical (unpaired) electrons. The summed E-state index contributed by atoms with van der Waals surface area (Å²) in [5.74, 6) is 0.230. The lowest BCUT2D eigenvalue weighted by Gasteiger charge is -2.07. The van der Waals surface area contributed by atoms with Gasteiger partial charge >= 0.3 is 5.97 Å². The fraction of sp³-hybridized carbons (Fsp3) is 0.250. The smallest absolute Gasteiger partial charge is 0.342 e. The van der Waals surface area contributed by atoms with E-state index in [4.69, 9.17) is 20.9 Å². The number of nitrogens with zero attached hydrogens (tertiary/aromatic N) is 4. The second-order valence-electron chi connectivity index (χ2n) is 5.25. The first kappa shape index (κ1) is 16.2. The number of benzene rings is 1. The number of carbonyl (C=O) groups is 1. The van der Waals surface area contributed by atoms with E-state index in [1.54, 1.807) is 24.7 Å². The number of aryl methyl sites for hydroxylation is 1. The SMILES string of the molecule is Cc1noc([C@H](C)OC(=O)c2cnn(Cc3ccccc3Cl)c2)n1. The lowest BCUT2D eigenvalue weighted by atomic mass is 10.2. The van der Waals surface area contributed by atoms with E-state index in [1.807, 2.05) is 24.3 Å². The molecule has 1 aromatic carbocycles. The molecule has 0 N–H and O–H groups in total. The van der Waals surface area contributed by atoms with Crippen molar-refractivity contribution in [1.29, 1.82) is 0 Å². The van der Waals surface area contributed by atoms with Crippen molar-refractivity contribution in [2.24, 2.45) is 0 Å². The molecule has 3 aromatic rings. The minimum Gasteiger partial charge on any atom is -0.449 e. The summed E-state index contributed by atoms with van der Waals surface area (Å²) < 4.78 is 11.9. The Morgan fingerprint density at radius 1 is 1.42 bits per heavy atom. The summed E-state index contributed by atoms with van der Waals surface area (Å²) in [5.41, 5.74) is 1.25. The van der Waals surface area contributed by atoms with Gasteiger partial charge in [0.1, 0.15) is 0 Å². The number of carbonyl (C=O) groups excluding carboxylic acids is 1. The Morgan fingerprint density at radius 3 is 2.92 bits per heavy atom. The van der Waals surface area contributed by atoms with Gasteiger partial charge in [-0.1, -0.05) is 35.0 Å². The molecule has 0 saturated carbocycles. The largest absolute Gasteiger partial charge is 0.449 e. The normalized spacial score (nSPS) is 12.1. The van der Waals surface area contributed by atoms with Crippen LogP contribution in [0.2, 0.25) is 5.02 Å². The van der Waals surface area contributed by atoms with Crippen LogP contribution in [-0.4, -0.2) is 25.9 Å². The number of rotatable bonds is 5. The molecule has 0 unspecified atom stereocenters. The van der Waals surface area contributed by atoms with E-state index in [0.29, 0.717) is 23.0 Å². The molecule has 0 amide bonds. The Hall–Kier alpha value is -2.67. The summed E-state index contributed by atoms with van der Waals surface area (Å²) in [7, 11) is 0. The Bertz CT molecular complexity index is 858. The average molecular weight is 347 g/mol. The highest BCUT2D eigenvalue weighted by Crippen LogP contribution is 2.18. The monoisotopic (exact) mass is 346 g/mol. The van der Waals surface area contributed by atoms with Crippen molar-refractivity contribution in [2.45, 2.75) is 26.5 Å². The van der Waals surface area contributed by atoms with Gasteiger partial charge in [-0.2, -0.15) is 10.1 Å². The molecule has 0 fully saturated rings. The van der Waals surface area contributed by atoms with Crippen LogP contribution >= 0.6 is 11.6 Å².